The van der Waals surface area contributed by atoms with Crippen molar-refractivity contribution < 1.29 is 8.78 Å². The van der Waals surface area contributed by atoms with E-state index < -0.39 is 0 Å². The van der Waals surface area contributed by atoms with E-state index in [-0.39, 0.29) is 11.6 Å². The van der Waals surface area contributed by atoms with Gasteiger partial charge in [0.15, 0.2) is 0 Å². The van der Waals surface area contributed by atoms with Crippen LogP contribution in [0.15, 0.2) is 54.6 Å². The summed E-state index contributed by atoms with van der Waals surface area (Å²) < 4.78 is 27.1. The zero-order chi connectivity index (χ0) is 18.5. The van der Waals surface area contributed by atoms with Gasteiger partial charge in [-0.2, -0.15) is 0 Å². The lowest BCUT2D eigenvalue weighted by molar-refractivity contribution is 0.392. The molecule has 0 atom stereocenters. The van der Waals surface area contributed by atoms with E-state index in [1.807, 2.05) is 31.1 Å². The summed E-state index contributed by atoms with van der Waals surface area (Å²) in [6.07, 6.45) is 0. The lowest BCUT2D eigenvalue weighted by atomic mass is 10.1. The van der Waals surface area contributed by atoms with Crippen molar-refractivity contribution in [1.82, 2.24) is 15.1 Å². The molecule has 3 aromatic rings. The third kappa shape index (κ3) is 4.61. The van der Waals surface area contributed by atoms with Crippen molar-refractivity contribution in [3.63, 3.8) is 0 Å². The van der Waals surface area contributed by atoms with E-state index >= 15 is 0 Å². The number of aromatic nitrogens is 2. The molecule has 134 valence electrons. The highest BCUT2D eigenvalue weighted by Crippen LogP contribution is 2.18. The van der Waals surface area contributed by atoms with Crippen LogP contribution in [-0.4, -0.2) is 29.2 Å². The standard InChI is InChI=1S/C20H20F2N4/c1-26(2)13-16-4-3-14(11-18(16)22)12-23-20-10-9-19(24-25-20)15-5-7-17(21)8-6-15/h3-11H,12-13H2,1-2H3,(H,23,25). The van der Waals surface area contributed by atoms with Crippen LogP contribution in [0.4, 0.5) is 14.6 Å². The summed E-state index contributed by atoms with van der Waals surface area (Å²) in [5.74, 6) is 0.0909. The van der Waals surface area contributed by atoms with Crippen molar-refractivity contribution in [2.75, 3.05) is 19.4 Å². The first-order valence-electron chi connectivity index (χ1n) is 8.27. The average Bonchev–Trinajstić information content (AvgIpc) is 2.63. The Morgan fingerprint density at radius 2 is 1.69 bits per heavy atom. The predicted octanol–water partition coefficient (Wildman–Crippen LogP) is 4.10. The minimum atomic E-state index is -0.288. The molecular formula is C20H20F2N4. The molecule has 0 aliphatic heterocycles. The molecule has 0 bridgehead atoms. The van der Waals surface area contributed by atoms with E-state index in [4.69, 9.17) is 0 Å². The van der Waals surface area contributed by atoms with E-state index in [0.29, 0.717) is 30.2 Å². The summed E-state index contributed by atoms with van der Waals surface area (Å²) in [6.45, 7) is 1.01. The Balaban J connectivity index is 1.63. The van der Waals surface area contributed by atoms with E-state index in [1.165, 1.54) is 18.2 Å². The van der Waals surface area contributed by atoms with E-state index in [1.54, 1.807) is 24.3 Å². The average molecular weight is 354 g/mol. The van der Waals surface area contributed by atoms with Gasteiger partial charge in [0.2, 0.25) is 0 Å². The van der Waals surface area contributed by atoms with Gasteiger partial charge in [0.05, 0.1) is 5.69 Å². The van der Waals surface area contributed by atoms with Crippen molar-refractivity contribution in [3.8, 4) is 11.3 Å². The van der Waals surface area contributed by atoms with Gasteiger partial charge in [0.25, 0.3) is 0 Å². The third-order valence-corrected chi connectivity index (χ3v) is 3.88. The molecular weight excluding hydrogens is 334 g/mol. The molecule has 0 amide bonds. The number of nitrogens with zero attached hydrogens (tertiary/aromatic N) is 3. The topological polar surface area (TPSA) is 41.0 Å². The van der Waals surface area contributed by atoms with Crippen LogP contribution in [0, 0.1) is 11.6 Å². The molecule has 3 rings (SSSR count). The second-order valence-electron chi connectivity index (χ2n) is 6.33. The fourth-order valence-electron chi connectivity index (χ4n) is 2.56. The number of hydrogen-bond acceptors (Lipinski definition) is 4. The highest BCUT2D eigenvalue weighted by molar-refractivity contribution is 5.59. The Labute approximate surface area is 151 Å². The van der Waals surface area contributed by atoms with Crippen LogP contribution in [0.1, 0.15) is 11.1 Å². The summed E-state index contributed by atoms with van der Waals surface area (Å²) >= 11 is 0. The van der Waals surface area contributed by atoms with Crippen molar-refractivity contribution in [3.05, 3.63) is 77.4 Å². The van der Waals surface area contributed by atoms with Crippen molar-refractivity contribution in [2.45, 2.75) is 13.1 Å². The lowest BCUT2D eigenvalue weighted by Gasteiger charge is -2.12. The van der Waals surface area contributed by atoms with Gasteiger partial charge in [-0.25, -0.2) is 8.78 Å². The molecule has 0 fully saturated rings. The van der Waals surface area contributed by atoms with Crippen LogP contribution in [0.3, 0.4) is 0 Å². The molecule has 0 spiro atoms. The number of rotatable bonds is 6. The largest absolute Gasteiger partial charge is 0.365 e. The molecule has 0 unspecified atom stereocenters. The number of hydrogen-bond donors (Lipinski definition) is 1. The first-order chi connectivity index (χ1) is 12.5. The Morgan fingerprint density at radius 1 is 0.923 bits per heavy atom. The van der Waals surface area contributed by atoms with Crippen LogP contribution >= 0.6 is 0 Å². The molecule has 2 aromatic carbocycles. The highest BCUT2D eigenvalue weighted by Gasteiger charge is 2.06. The zero-order valence-electron chi connectivity index (χ0n) is 14.7. The van der Waals surface area contributed by atoms with Gasteiger partial charge in [-0.15, -0.1) is 10.2 Å². The Hall–Kier alpha value is -2.86. The van der Waals surface area contributed by atoms with Crippen LogP contribution < -0.4 is 5.32 Å². The maximum absolute atomic E-state index is 14.1. The Bertz CT molecular complexity index is 862. The van der Waals surface area contributed by atoms with E-state index in [0.717, 1.165) is 11.1 Å². The number of halogens is 2. The molecule has 0 radical (unpaired) electrons. The van der Waals surface area contributed by atoms with Gasteiger partial charge >= 0.3 is 0 Å². The SMILES string of the molecule is CN(C)Cc1ccc(CNc2ccc(-c3ccc(F)cc3)nn2)cc1F. The molecule has 1 aromatic heterocycles. The van der Waals surface area contributed by atoms with Crippen LogP contribution in [-0.2, 0) is 13.1 Å². The highest BCUT2D eigenvalue weighted by atomic mass is 19.1. The molecule has 26 heavy (non-hydrogen) atoms. The van der Waals surface area contributed by atoms with Gasteiger partial charge < -0.3 is 10.2 Å². The summed E-state index contributed by atoms with van der Waals surface area (Å²) in [7, 11) is 3.81. The van der Waals surface area contributed by atoms with Gasteiger partial charge in [-0.3, -0.25) is 0 Å². The molecule has 1 N–H and O–H groups in total. The third-order valence-electron chi connectivity index (χ3n) is 3.88. The Kier molecular flexibility index (Phi) is 5.53. The van der Waals surface area contributed by atoms with Gasteiger partial charge in [0, 0.05) is 24.2 Å². The Morgan fingerprint density at radius 3 is 2.31 bits per heavy atom. The molecule has 1 heterocycles. The summed E-state index contributed by atoms with van der Waals surface area (Å²) in [5.41, 5.74) is 2.95. The van der Waals surface area contributed by atoms with Crippen LogP contribution in [0.2, 0.25) is 0 Å². The monoisotopic (exact) mass is 354 g/mol. The van der Waals surface area contributed by atoms with Gasteiger partial charge in [0.1, 0.15) is 17.5 Å². The minimum Gasteiger partial charge on any atom is -0.365 e. The smallest absolute Gasteiger partial charge is 0.148 e. The maximum Gasteiger partial charge on any atom is 0.148 e. The van der Waals surface area contributed by atoms with E-state index in [2.05, 4.69) is 15.5 Å². The quantitative estimate of drug-likeness (QED) is 0.724. The minimum absolute atomic E-state index is 0.212. The normalized spacial score (nSPS) is 11.0. The van der Waals surface area contributed by atoms with Crippen molar-refractivity contribution in [1.29, 1.82) is 0 Å². The number of nitrogens with one attached hydrogen (secondary N) is 1. The fourth-order valence-corrected chi connectivity index (χ4v) is 2.56. The summed E-state index contributed by atoms with van der Waals surface area (Å²) in [6, 6.07) is 14.9. The summed E-state index contributed by atoms with van der Waals surface area (Å²) in [4.78, 5) is 1.93. The second kappa shape index (κ2) is 8.01. The van der Waals surface area contributed by atoms with Gasteiger partial charge in [-0.1, -0.05) is 12.1 Å². The number of anilines is 1. The van der Waals surface area contributed by atoms with Crippen molar-refractivity contribution >= 4 is 5.82 Å². The molecule has 6 heteroatoms. The van der Waals surface area contributed by atoms with Crippen LogP contribution in [0.5, 0.6) is 0 Å². The fraction of sp³-hybridized carbons (Fsp3) is 0.200. The summed E-state index contributed by atoms with van der Waals surface area (Å²) in [5, 5.41) is 11.4. The first kappa shape index (κ1) is 17.9. The van der Waals surface area contributed by atoms with E-state index in [9.17, 15) is 8.78 Å². The predicted molar refractivity (Wildman–Crippen MR) is 98.5 cm³/mol. The molecule has 0 aliphatic rings. The van der Waals surface area contributed by atoms with Crippen molar-refractivity contribution in [2.24, 2.45) is 0 Å². The molecule has 4 nitrogen and oxygen atoms in total. The number of benzene rings is 2. The molecule has 0 saturated carbocycles. The van der Waals surface area contributed by atoms with Gasteiger partial charge in [-0.05, 0) is 62.1 Å². The van der Waals surface area contributed by atoms with Crippen LogP contribution in [0.25, 0.3) is 11.3 Å². The molecule has 0 aliphatic carbocycles. The molecule has 0 saturated heterocycles. The second-order valence-corrected chi connectivity index (χ2v) is 6.33. The maximum atomic E-state index is 14.1. The zero-order valence-corrected chi connectivity index (χ0v) is 14.7. The lowest BCUT2D eigenvalue weighted by Crippen LogP contribution is -2.12. The first-order valence-corrected chi connectivity index (χ1v) is 8.27.